The Labute approximate surface area is 139 Å². The van der Waals surface area contributed by atoms with Gasteiger partial charge in [-0.15, -0.1) is 0 Å². The van der Waals surface area contributed by atoms with Gasteiger partial charge in [-0.2, -0.15) is 4.98 Å². The van der Waals surface area contributed by atoms with Crippen LogP contribution in [0, 0.1) is 23.6 Å². The van der Waals surface area contributed by atoms with Crippen molar-refractivity contribution in [2.75, 3.05) is 11.4 Å². The van der Waals surface area contributed by atoms with Gasteiger partial charge in [0.25, 0.3) is 0 Å². The SMILES string of the molecule is CCN(c1cccc(C)c1)c1nc(=N)n(C=N)c2ccc(F)cc12. The number of benzene rings is 2. The van der Waals surface area contributed by atoms with Gasteiger partial charge in [0.05, 0.1) is 11.9 Å². The first-order chi connectivity index (χ1) is 11.5. The molecule has 5 nitrogen and oxygen atoms in total. The van der Waals surface area contributed by atoms with Crippen molar-refractivity contribution in [2.24, 2.45) is 0 Å². The lowest BCUT2D eigenvalue weighted by molar-refractivity contribution is 0.629. The topological polar surface area (TPSA) is 68.8 Å². The first-order valence-corrected chi connectivity index (χ1v) is 7.66. The Morgan fingerprint density at radius 1 is 1.25 bits per heavy atom. The molecule has 0 radical (unpaired) electrons. The minimum atomic E-state index is -0.375. The fourth-order valence-corrected chi connectivity index (χ4v) is 2.81. The first kappa shape index (κ1) is 15.9. The highest BCUT2D eigenvalue weighted by Crippen LogP contribution is 2.30. The molecule has 0 bridgehead atoms. The van der Waals surface area contributed by atoms with Gasteiger partial charge in [-0.1, -0.05) is 12.1 Å². The molecule has 0 saturated heterocycles. The number of nitrogens with zero attached hydrogens (tertiary/aromatic N) is 3. The molecule has 0 spiro atoms. The molecule has 24 heavy (non-hydrogen) atoms. The Hall–Kier alpha value is -3.02. The number of rotatable bonds is 4. The van der Waals surface area contributed by atoms with Gasteiger partial charge in [-0.05, 0) is 49.7 Å². The largest absolute Gasteiger partial charge is 0.326 e. The molecule has 0 amide bonds. The maximum Gasteiger partial charge on any atom is 0.229 e. The van der Waals surface area contributed by atoms with Crippen molar-refractivity contribution in [2.45, 2.75) is 13.8 Å². The molecule has 0 aliphatic heterocycles. The zero-order valence-electron chi connectivity index (χ0n) is 13.5. The molecule has 1 heterocycles. The summed E-state index contributed by atoms with van der Waals surface area (Å²) in [5, 5.41) is 16.2. The summed E-state index contributed by atoms with van der Waals surface area (Å²) >= 11 is 0. The normalized spacial score (nSPS) is 10.8. The van der Waals surface area contributed by atoms with Crippen LogP contribution in [0.25, 0.3) is 10.9 Å². The van der Waals surface area contributed by atoms with Crippen LogP contribution in [0.15, 0.2) is 42.5 Å². The fraction of sp³-hybridized carbons (Fsp3) is 0.167. The number of hydrogen-bond donors (Lipinski definition) is 2. The molecule has 0 atom stereocenters. The molecule has 122 valence electrons. The molecule has 2 aromatic carbocycles. The Bertz CT molecular complexity index is 977. The van der Waals surface area contributed by atoms with E-state index in [1.54, 1.807) is 6.07 Å². The standard InChI is InChI=1S/C18H18FN5/c1-3-23(14-6-4-5-12(2)9-14)17-15-10-13(19)7-8-16(15)24(11-20)18(21)22-17/h4-11,20-21H,3H2,1-2H3. The predicted molar refractivity (Wildman–Crippen MR) is 93.6 cm³/mol. The summed E-state index contributed by atoms with van der Waals surface area (Å²) in [5.74, 6) is 0.140. The molecule has 3 aromatic rings. The van der Waals surface area contributed by atoms with Crippen LogP contribution in [-0.2, 0) is 0 Å². The van der Waals surface area contributed by atoms with Gasteiger partial charge in [0.15, 0.2) is 0 Å². The third kappa shape index (κ3) is 2.67. The third-order valence-corrected chi connectivity index (χ3v) is 3.91. The van der Waals surface area contributed by atoms with E-state index in [9.17, 15) is 4.39 Å². The van der Waals surface area contributed by atoms with Crippen molar-refractivity contribution in [3.63, 3.8) is 0 Å². The van der Waals surface area contributed by atoms with Crippen LogP contribution in [0.3, 0.4) is 0 Å². The number of aromatic nitrogens is 2. The number of hydrogen-bond acceptors (Lipinski definition) is 4. The van der Waals surface area contributed by atoms with Crippen LogP contribution in [0.1, 0.15) is 12.5 Å². The van der Waals surface area contributed by atoms with E-state index in [2.05, 4.69) is 4.98 Å². The highest BCUT2D eigenvalue weighted by Gasteiger charge is 2.16. The van der Waals surface area contributed by atoms with E-state index in [0.717, 1.165) is 17.6 Å². The minimum Gasteiger partial charge on any atom is -0.326 e. The van der Waals surface area contributed by atoms with Crippen LogP contribution >= 0.6 is 0 Å². The fourth-order valence-electron chi connectivity index (χ4n) is 2.81. The Morgan fingerprint density at radius 3 is 2.71 bits per heavy atom. The molecule has 0 fully saturated rings. The highest BCUT2D eigenvalue weighted by atomic mass is 19.1. The molecule has 0 saturated carbocycles. The third-order valence-electron chi connectivity index (χ3n) is 3.91. The van der Waals surface area contributed by atoms with Crippen molar-refractivity contribution >= 4 is 28.7 Å². The second-order valence-electron chi connectivity index (χ2n) is 5.50. The summed E-state index contributed by atoms with van der Waals surface area (Å²) in [6.45, 7) is 4.61. The van der Waals surface area contributed by atoms with E-state index in [4.69, 9.17) is 10.8 Å². The molecular formula is C18H18FN5. The van der Waals surface area contributed by atoms with Crippen LogP contribution < -0.4 is 10.5 Å². The van der Waals surface area contributed by atoms with Crippen molar-refractivity contribution in [1.29, 1.82) is 10.8 Å². The number of fused-ring (bicyclic) bond motifs is 1. The number of halogens is 1. The lowest BCUT2D eigenvalue weighted by atomic mass is 10.1. The van der Waals surface area contributed by atoms with Gasteiger partial charge in [0.1, 0.15) is 11.6 Å². The minimum absolute atomic E-state index is 0.0646. The molecule has 0 aliphatic carbocycles. The highest BCUT2D eigenvalue weighted by molar-refractivity contribution is 5.94. The van der Waals surface area contributed by atoms with Crippen molar-refractivity contribution in [3.8, 4) is 0 Å². The molecule has 0 aliphatic rings. The lowest BCUT2D eigenvalue weighted by Crippen LogP contribution is -2.28. The summed E-state index contributed by atoms with van der Waals surface area (Å²) in [7, 11) is 0. The zero-order valence-corrected chi connectivity index (χ0v) is 13.5. The van der Waals surface area contributed by atoms with E-state index in [1.165, 1.54) is 16.7 Å². The predicted octanol–water partition coefficient (Wildman–Crippen LogP) is 3.58. The van der Waals surface area contributed by atoms with Gasteiger partial charge in [-0.3, -0.25) is 15.4 Å². The van der Waals surface area contributed by atoms with E-state index in [0.29, 0.717) is 23.3 Å². The number of anilines is 2. The van der Waals surface area contributed by atoms with Crippen molar-refractivity contribution in [3.05, 3.63) is 59.5 Å². The van der Waals surface area contributed by atoms with E-state index in [-0.39, 0.29) is 11.4 Å². The molecule has 0 unspecified atom stereocenters. The summed E-state index contributed by atoms with van der Waals surface area (Å²) in [5.41, 5.74) is 2.55. The van der Waals surface area contributed by atoms with Gasteiger partial charge in [0, 0.05) is 17.6 Å². The average molecular weight is 323 g/mol. The van der Waals surface area contributed by atoms with Gasteiger partial charge in [-0.25, -0.2) is 4.39 Å². The quantitative estimate of drug-likeness (QED) is 0.569. The number of aryl methyl sites for hydroxylation is 1. The number of nitrogens with one attached hydrogen (secondary N) is 2. The smallest absolute Gasteiger partial charge is 0.229 e. The Morgan fingerprint density at radius 2 is 2.04 bits per heavy atom. The Balaban J connectivity index is 2.34. The van der Waals surface area contributed by atoms with Gasteiger partial charge < -0.3 is 4.90 Å². The first-order valence-electron chi connectivity index (χ1n) is 7.66. The molecule has 2 N–H and O–H groups in total. The second-order valence-corrected chi connectivity index (χ2v) is 5.50. The maximum absolute atomic E-state index is 13.8. The molecule has 3 rings (SSSR count). The van der Waals surface area contributed by atoms with Crippen molar-refractivity contribution in [1.82, 2.24) is 9.55 Å². The summed E-state index contributed by atoms with van der Waals surface area (Å²) in [6.07, 6.45) is 1.02. The second kappa shape index (κ2) is 6.23. The molecular weight excluding hydrogens is 305 g/mol. The summed E-state index contributed by atoms with van der Waals surface area (Å²) < 4.78 is 15.1. The zero-order chi connectivity index (χ0) is 17.3. The van der Waals surface area contributed by atoms with E-state index in [1.807, 2.05) is 43.0 Å². The van der Waals surface area contributed by atoms with Crippen LogP contribution in [0.5, 0.6) is 0 Å². The van der Waals surface area contributed by atoms with Gasteiger partial charge in [0.2, 0.25) is 5.62 Å². The monoisotopic (exact) mass is 323 g/mol. The average Bonchev–Trinajstić information content (AvgIpc) is 2.56. The van der Waals surface area contributed by atoms with Crippen LogP contribution in [-0.4, -0.2) is 22.4 Å². The Kier molecular flexibility index (Phi) is 4.12. The maximum atomic E-state index is 13.8. The summed E-state index contributed by atoms with van der Waals surface area (Å²) in [6, 6.07) is 12.3. The van der Waals surface area contributed by atoms with Crippen LogP contribution in [0.2, 0.25) is 0 Å². The lowest BCUT2D eigenvalue weighted by Gasteiger charge is -2.24. The van der Waals surface area contributed by atoms with Crippen molar-refractivity contribution < 1.29 is 4.39 Å². The van der Waals surface area contributed by atoms with E-state index >= 15 is 0 Å². The van der Waals surface area contributed by atoms with Gasteiger partial charge >= 0.3 is 0 Å². The van der Waals surface area contributed by atoms with E-state index < -0.39 is 0 Å². The summed E-state index contributed by atoms with van der Waals surface area (Å²) in [4.78, 5) is 6.27. The molecule has 6 heteroatoms. The molecule has 1 aromatic heterocycles. The van der Waals surface area contributed by atoms with Crippen LogP contribution in [0.4, 0.5) is 15.9 Å².